The van der Waals surface area contributed by atoms with Gasteiger partial charge in [-0.15, -0.1) is 0 Å². The molecular weight excluding hydrogens is 200 g/mol. The van der Waals surface area contributed by atoms with Crippen molar-refractivity contribution in [3.8, 4) is 0 Å². The molecule has 4 heteroatoms. The van der Waals surface area contributed by atoms with E-state index in [0.29, 0.717) is 5.92 Å². The van der Waals surface area contributed by atoms with Gasteiger partial charge in [-0.3, -0.25) is 0 Å². The highest BCUT2D eigenvalue weighted by molar-refractivity contribution is 5.40. The quantitative estimate of drug-likeness (QED) is 0.738. The van der Waals surface area contributed by atoms with Gasteiger partial charge >= 0.3 is 0 Å². The van der Waals surface area contributed by atoms with Gasteiger partial charge in [0.1, 0.15) is 12.2 Å². The van der Waals surface area contributed by atoms with E-state index in [1.807, 2.05) is 10.6 Å². The van der Waals surface area contributed by atoms with Crippen molar-refractivity contribution in [1.82, 2.24) is 19.6 Å². The van der Waals surface area contributed by atoms with E-state index in [2.05, 4.69) is 44.7 Å². The summed E-state index contributed by atoms with van der Waals surface area (Å²) < 4.78 is 1.83. The Hall–Kier alpha value is -1.45. The molecule has 0 saturated heterocycles. The number of nitrogens with zero attached hydrogens (tertiary/aromatic N) is 4. The normalized spacial score (nSPS) is 12.6. The first-order chi connectivity index (χ1) is 7.39. The van der Waals surface area contributed by atoms with E-state index in [4.69, 9.17) is 4.98 Å². The molecule has 0 aliphatic carbocycles. The Labute approximate surface area is 95.7 Å². The van der Waals surface area contributed by atoms with E-state index >= 15 is 0 Å². The topological polar surface area (TPSA) is 43.1 Å². The highest BCUT2D eigenvalue weighted by Crippen LogP contribution is 2.23. The maximum absolute atomic E-state index is 4.70. The van der Waals surface area contributed by atoms with Crippen molar-refractivity contribution in [3.05, 3.63) is 23.9 Å². The number of aromatic nitrogens is 4. The Morgan fingerprint density at radius 2 is 1.94 bits per heavy atom. The maximum Gasteiger partial charge on any atom is 0.159 e. The van der Waals surface area contributed by atoms with Crippen LogP contribution in [-0.2, 0) is 5.41 Å². The van der Waals surface area contributed by atoms with Gasteiger partial charge in [-0.1, -0.05) is 34.6 Å². The van der Waals surface area contributed by atoms with Crippen LogP contribution in [0.5, 0.6) is 0 Å². The molecule has 2 rings (SSSR count). The second-order valence-electron chi connectivity index (χ2n) is 5.44. The third kappa shape index (κ3) is 1.79. The summed E-state index contributed by atoms with van der Waals surface area (Å²) in [6.07, 6.45) is 1.58. The van der Waals surface area contributed by atoms with Crippen LogP contribution in [0.25, 0.3) is 5.65 Å². The van der Waals surface area contributed by atoms with Gasteiger partial charge in [-0.25, -0.2) is 9.97 Å². The lowest BCUT2D eigenvalue weighted by molar-refractivity contribution is 0.517. The van der Waals surface area contributed by atoms with E-state index < -0.39 is 0 Å². The van der Waals surface area contributed by atoms with E-state index in [1.165, 1.54) is 0 Å². The number of hydrogen-bond acceptors (Lipinski definition) is 3. The standard InChI is InChI=1S/C12H18N4/c1-8(2)9-6-10-13-7-14-16(10)11(15-9)12(3,4)5/h6-8H,1-5H3. The predicted molar refractivity (Wildman–Crippen MR) is 63.6 cm³/mol. The molecule has 0 fully saturated rings. The minimum absolute atomic E-state index is 0.0309. The van der Waals surface area contributed by atoms with Gasteiger partial charge in [0.15, 0.2) is 5.65 Å². The summed E-state index contributed by atoms with van der Waals surface area (Å²) in [4.78, 5) is 8.95. The molecule has 2 aromatic rings. The number of fused-ring (bicyclic) bond motifs is 1. The van der Waals surface area contributed by atoms with Gasteiger partial charge < -0.3 is 0 Å². The molecule has 4 nitrogen and oxygen atoms in total. The van der Waals surface area contributed by atoms with Crippen LogP contribution in [0.15, 0.2) is 12.4 Å². The zero-order valence-electron chi connectivity index (χ0n) is 10.5. The number of hydrogen-bond donors (Lipinski definition) is 0. The Bertz CT molecular complexity index is 505. The van der Waals surface area contributed by atoms with Crippen LogP contribution in [0.3, 0.4) is 0 Å². The van der Waals surface area contributed by atoms with Crippen molar-refractivity contribution in [2.45, 2.75) is 46.0 Å². The minimum Gasteiger partial charge on any atom is -0.237 e. The Morgan fingerprint density at radius 3 is 2.50 bits per heavy atom. The van der Waals surface area contributed by atoms with E-state index in [0.717, 1.165) is 17.2 Å². The Morgan fingerprint density at radius 1 is 1.25 bits per heavy atom. The minimum atomic E-state index is -0.0309. The van der Waals surface area contributed by atoms with Crippen LogP contribution in [0.4, 0.5) is 0 Å². The largest absolute Gasteiger partial charge is 0.237 e. The zero-order valence-corrected chi connectivity index (χ0v) is 10.5. The van der Waals surface area contributed by atoms with Crippen LogP contribution < -0.4 is 0 Å². The molecule has 2 heterocycles. The third-order valence-electron chi connectivity index (χ3n) is 2.55. The van der Waals surface area contributed by atoms with Crippen LogP contribution >= 0.6 is 0 Å². The van der Waals surface area contributed by atoms with Crippen molar-refractivity contribution >= 4 is 5.65 Å². The molecule has 0 amide bonds. The fourth-order valence-electron chi connectivity index (χ4n) is 1.63. The van der Waals surface area contributed by atoms with Crippen LogP contribution in [0.2, 0.25) is 0 Å². The summed E-state index contributed by atoms with van der Waals surface area (Å²) in [7, 11) is 0. The first-order valence-corrected chi connectivity index (χ1v) is 5.61. The zero-order chi connectivity index (χ0) is 11.9. The SMILES string of the molecule is CC(C)c1cc2ncnn2c(C(C)(C)C)n1. The van der Waals surface area contributed by atoms with Crippen LogP contribution in [0.1, 0.15) is 52.1 Å². The van der Waals surface area contributed by atoms with Crippen LogP contribution in [0, 0.1) is 0 Å². The summed E-state index contributed by atoms with van der Waals surface area (Å²) in [5, 5.41) is 4.23. The average Bonchev–Trinajstić information content (AvgIpc) is 2.61. The fraction of sp³-hybridized carbons (Fsp3) is 0.583. The molecule has 0 aliphatic rings. The lowest BCUT2D eigenvalue weighted by Crippen LogP contribution is -2.20. The van der Waals surface area contributed by atoms with E-state index in [9.17, 15) is 0 Å². The molecule has 0 radical (unpaired) electrons. The summed E-state index contributed by atoms with van der Waals surface area (Å²) in [5.41, 5.74) is 1.92. The van der Waals surface area contributed by atoms with Crippen molar-refractivity contribution in [3.63, 3.8) is 0 Å². The molecule has 0 saturated carbocycles. The van der Waals surface area contributed by atoms with Gasteiger partial charge in [-0.2, -0.15) is 9.61 Å². The molecule has 0 unspecified atom stereocenters. The summed E-state index contributed by atoms with van der Waals surface area (Å²) in [6, 6.07) is 2.01. The number of rotatable bonds is 1. The first kappa shape index (κ1) is 11.0. The van der Waals surface area contributed by atoms with Crippen molar-refractivity contribution < 1.29 is 0 Å². The second-order valence-corrected chi connectivity index (χ2v) is 5.44. The lowest BCUT2D eigenvalue weighted by atomic mass is 9.95. The molecule has 0 bridgehead atoms. The van der Waals surface area contributed by atoms with Gasteiger partial charge in [0.05, 0.1) is 0 Å². The van der Waals surface area contributed by atoms with Crippen LogP contribution in [-0.4, -0.2) is 19.6 Å². The second kappa shape index (κ2) is 3.54. The molecule has 2 aromatic heterocycles. The molecule has 0 atom stereocenters. The first-order valence-electron chi connectivity index (χ1n) is 5.61. The smallest absolute Gasteiger partial charge is 0.159 e. The van der Waals surface area contributed by atoms with Crippen molar-refractivity contribution in [2.24, 2.45) is 0 Å². The average molecular weight is 218 g/mol. The van der Waals surface area contributed by atoms with E-state index in [1.54, 1.807) is 6.33 Å². The van der Waals surface area contributed by atoms with Gasteiger partial charge in [-0.05, 0) is 5.92 Å². The molecule has 0 N–H and O–H groups in total. The molecule has 0 aromatic carbocycles. The fourth-order valence-corrected chi connectivity index (χ4v) is 1.63. The highest BCUT2D eigenvalue weighted by atomic mass is 15.3. The van der Waals surface area contributed by atoms with Crippen molar-refractivity contribution in [1.29, 1.82) is 0 Å². The molecule has 86 valence electrons. The predicted octanol–water partition coefficient (Wildman–Crippen LogP) is 2.55. The van der Waals surface area contributed by atoms with Crippen molar-refractivity contribution in [2.75, 3.05) is 0 Å². The maximum atomic E-state index is 4.70. The Balaban J connectivity index is 2.74. The summed E-state index contributed by atoms with van der Waals surface area (Å²) in [5.74, 6) is 1.37. The Kier molecular flexibility index (Phi) is 2.45. The van der Waals surface area contributed by atoms with E-state index in [-0.39, 0.29) is 5.41 Å². The molecular formula is C12H18N4. The monoisotopic (exact) mass is 218 g/mol. The third-order valence-corrected chi connectivity index (χ3v) is 2.55. The molecule has 16 heavy (non-hydrogen) atoms. The van der Waals surface area contributed by atoms with Gasteiger partial charge in [0, 0.05) is 17.2 Å². The van der Waals surface area contributed by atoms with Gasteiger partial charge in [0.25, 0.3) is 0 Å². The van der Waals surface area contributed by atoms with Gasteiger partial charge in [0.2, 0.25) is 0 Å². The highest BCUT2D eigenvalue weighted by Gasteiger charge is 2.21. The molecule has 0 spiro atoms. The lowest BCUT2D eigenvalue weighted by Gasteiger charge is -2.20. The summed E-state index contributed by atoms with van der Waals surface area (Å²) in [6.45, 7) is 10.7. The summed E-state index contributed by atoms with van der Waals surface area (Å²) >= 11 is 0. The molecule has 0 aliphatic heterocycles.